The molecule has 6 nitrogen and oxygen atoms in total. The summed E-state index contributed by atoms with van der Waals surface area (Å²) in [6, 6.07) is 9.55. The first-order valence-electron chi connectivity index (χ1n) is 9.84. The molecule has 1 aromatic carbocycles. The zero-order valence-electron chi connectivity index (χ0n) is 17.1. The van der Waals surface area contributed by atoms with Crippen molar-refractivity contribution in [3.05, 3.63) is 53.2 Å². The molecule has 1 N–H and O–H groups in total. The van der Waals surface area contributed by atoms with Gasteiger partial charge in [0.15, 0.2) is 0 Å². The van der Waals surface area contributed by atoms with Gasteiger partial charge in [0.2, 0.25) is 11.8 Å². The van der Waals surface area contributed by atoms with Crippen LogP contribution in [0.4, 0.5) is 4.79 Å². The number of hydrogen-bond acceptors (Lipinski definition) is 6. The van der Waals surface area contributed by atoms with E-state index in [1.165, 1.54) is 5.56 Å². The van der Waals surface area contributed by atoms with E-state index in [1.807, 2.05) is 36.5 Å². The standard InChI is InChI=1S/C23H24N2O4S/c1-3-16-9-11-21(24-15-16)29-12-6-4-5-7-18-13-17(8-10-19(18)28-2)14-20-22(26)25-23(27)30-20/h8-11,13,15,20H,3-4,6,12,14H2,1-2H3,(H,25,26,27). The first-order valence-corrected chi connectivity index (χ1v) is 10.7. The number of ether oxygens (including phenoxy) is 2. The van der Waals surface area contributed by atoms with E-state index in [4.69, 9.17) is 9.47 Å². The highest BCUT2D eigenvalue weighted by atomic mass is 32.2. The zero-order valence-corrected chi connectivity index (χ0v) is 17.9. The highest BCUT2D eigenvalue weighted by Crippen LogP contribution is 2.25. The molecule has 156 valence electrons. The van der Waals surface area contributed by atoms with Gasteiger partial charge in [-0.1, -0.05) is 42.7 Å². The van der Waals surface area contributed by atoms with Crippen molar-refractivity contribution in [1.82, 2.24) is 10.3 Å². The molecular weight excluding hydrogens is 400 g/mol. The van der Waals surface area contributed by atoms with Gasteiger partial charge in [-0.2, -0.15) is 0 Å². The summed E-state index contributed by atoms with van der Waals surface area (Å²) in [6.45, 7) is 2.64. The summed E-state index contributed by atoms with van der Waals surface area (Å²) < 4.78 is 11.0. The number of carbonyl (C=O) groups excluding carboxylic acids is 2. The van der Waals surface area contributed by atoms with Crippen LogP contribution >= 0.6 is 11.8 Å². The molecule has 0 radical (unpaired) electrons. The highest BCUT2D eigenvalue weighted by molar-refractivity contribution is 8.15. The summed E-state index contributed by atoms with van der Waals surface area (Å²) in [5, 5.41) is 1.62. The van der Waals surface area contributed by atoms with E-state index < -0.39 is 5.25 Å². The van der Waals surface area contributed by atoms with Crippen molar-refractivity contribution in [3.63, 3.8) is 0 Å². The van der Waals surface area contributed by atoms with Gasteiger partial charge >= 0.3 is 0 Å². The molecule has 1 unspecified atom stereocenters. The molecule has 1 aliphatic rings. The Hall–Kier alpha value is -2.98. The van der Waals surface area contributed by atoms with Crippen LogP contribution in [-0.2, 0) is 17.6 Å². The molecule has 30 heavy (non-hydrogen) atoms. The number of nitrogens with zero attached hydrogens (tertiary/aromatic N) is 1. The number of hydrogen-bond donors (Lipinski definition) is 1. The van der Waals surface area contributed by atoms with Crippen molar-refractivity contribution in [2.75, 3.05) is 13.7 Å². The van der Waals surface area contributed by atoms with Crippen LogP contribution in [0.1, 0.15) is 36.5 Å². The van der Waals surface area contributed by atoms with Crippen molar-refractivity contribution < 1.29 is 19.1 Å². The van der Waals surface area contributed by atoms with Crippen molar-refractivity contribution >= 4 is 22.9 Å². The third kappa shape index (κ3) is 6.01. The number of unbranched alkanes of at least 4 members (excludes halogenated alkanes) is 1. The maximum atomic E-state index is 11.8. The Morgan fingerprint density at radius 2 is 2.03 bits per heavy atom. The van der Waals surface area contributed by atoms with Crippen LogP contribution in [0.25, 0.3) is 0 Å². The van der Waals surface area contributed by atoms with E-state index in [0.29, 0.717) is 31.1 Å². The molecule has 2 aromatic rings. The Morgan fingerprint density at radius 1 is 1.20 bits per heavy atom. The third-order valence-electron chi connectivity index (χ3n) is 4.58. The van der Waals surface area contributed by atoms with Crippen molar-refractivity contribution in [1.29, 1.82) is 0 Å². The number of aromatic nitrogens is 1. The topological polar surface area (TPSA) is 77.5 Å². The second kappa shape index (κ2) is 10.7. The first kappa shape index (κ1) is 21.7. The number of carbonyl (C=O) groups is 2. The zero-order chi connectivity index (χ0) is 21.3. The number of aryl methyl sites for hydroxylation is 1. The summed E-state index contributed by atoms with van der Waals surface area (Å²) >= 11 is 1.03. The number of rotatable bonds is 8. The van der Waals surface area contributed by atoms with Gasteiger partial charge < -0.3 is 9.47 Å². The lowest BCUT2D eigenvalue weighted by atomic mass is 10.0. The quantitative estimate of drug-likeness (QED) is 0.514. The molecule has 0 saturated carbocycles. The number of imide groups is 1. The van der Waals surface area contributed by atoms with E-state index in [9.17, 15) is 9.59 Å². The fraction of sp³-hybridized carbons (Fsp3) is 0.348. The molecule has 2 heterocycles. The van der Waals surface area contributed by atoms with Crippen LogP contribution in [0.2, 0.25) is 0 Å². The molecular formula is C23H24N2O4S. The smallest absolute Gasteiger partial charge is 0.286 e. The minimum atomic E-state index is -0.399. The van der Waals surface area contributed by atoms with Crippen molar-refractivity contribution in [2.24, 2.45) is 0 Å². The summed E-state index contributed by atoms with van der Waals surface area (Å²) in [4.78, 5) is 27.4. The van der Waals surface area contributed by atoms with Crippen LogP contribution in [0.15, 0.2) is 36.5 Å². The lowest BCUT2D eigenvalue weighted by Gasteiger charge is -2.09. The van der Waals surface area contributed by atoms with E-state index in [1.54, 1.807) is 7.11 Å². The molecule has 0 spiro atoms. The second-order valence-electron chi connectivity index (χ2n) is 6.73. The van der Waals surface area contributed by atoms with E-state index in [0.717, 1.165) is 35.7 Å². The van der Waals surface area contributed by atoms with Gasteiger partial charge in [-0.15, -0.1) is 0 Å². The van der Waals surface area contributed by atoms with Gasteiger partial charge in [-0.05, 0) is 42.5 Å². The van der Waals surface area contributed by atoms with E-state index in [-0.39, 0.29) is 11.1 Å². The summed E-state index contributed by atoms with van der Waals surface area (Å²) in [5.41, 5.74) is 2.89. The van der Waals surface area contributed by atoms with Gasteiger partial charge in [0.1, 0.15) is 5.75 Å². The summed E-state index contributed by atoms with van der Waals surface area (Å²) in [7, 11) is 1.60. The Morgan fingerprint density at radius 3 is 2.70 bits per heavy atom. The third-order valence-corrected chi connectivity index (χ3v) is 5.56. The fourth-order valence-electron chi connectivity index (χ4n) is 2.92. The molecule has 0 bridgehead atoms. The average molecular weight is 425 g/mol. The number of amides is 2. The molecule has 7 heteroatoms. The number of methoxy groups -OCH3 is 1. The van der Waals surface area contributed by atoms with Crippen LogP contribution in [-0.4, -0.2) is 35.1 Å². The molecule has 1 saturated heterocycles. The molecule has 3 rings (SSSR count). The molecule has 1 atom stereocenters. The summed E-state index contributed by atoms with van der Waals surface area (Å²) in [5.74, 6) is 7.36. The number of pyridine rings is 1. The van der Waals surface area contributed by atoms with Gasteiger partial charge in [-0.25, -0.2) is 4.98 Å². The molecule has 1 aliphatic heterocycles. The largest absolute Gasteiger partial charge is 0.495 e. The maximum Gasteiger partial charge on any atom is 0.286 e. The summed E-state index contributed by atoms with van der Waals surface area (Å²) in [6.07, 6.45) is 4.72. The van der Waals surface area contributed by atoms with Crippen LogP contribution in [0, 0.1) is 11.8 Å². The lowest BCUT2D eigenvalue weighted by molar-refractivity contribution is -0.118. The van der Waals surface area contributed by atoms with Gasteiger partial charge in [0, 0.05) is 18.7 Å². The molecule has 0 aliphatic carbocycles. The van der Waals surface area contributed by atoms with E-state index in [2.05, 4.69) is 29.1 Å². The van der Waals surface area contributed by atoms with Crippen LogP contribution < -0.4 is 14.8 Å². The van der Waals surface area contributed by atoms with E-state index >= 15 is 0 Å². The molecule has 2 amide bonds. The minimum Gasteiger partial charge on any atom is -0.495 e. The average Bonchev–Trinajstić information content (AvgIpc) is 3.07. The Kier molecular flexibility index (Phi) is 7.75. The molecule has 1 aromatic heterocycles. The van der Waals surface area contributed by atoms with Gasteiger partial charge in [0.05, 0.1) is 24.5 Å². The lowest BCUT2D eigenvalue weighted by Crippen LogP contribution is -2.25. The number of benzene rings is 1. The second-order valence-corrected chi connectivity index (χ2v) is 7.91. The monoisotopic (exact) mass is 424 g/mol. The predicted molar refractivity (Wildman–Crippen MR) is 117 cm³/mol. The Balaban J connectivity index is 1.53. The number of nitrogens with one attached hydrogen (secondary N) is 1. The predicted octanol–water partition coefficient (Wildman–Crippen LogP) is 3.76. The van der Waals surface area contributed by atoms with Gasteiger partial charge in [0.25, 0.3) is 5.24 Å². The van der Waals surface area contributed by atoms with Gasteiger partial charge in [-0.3, -0.25) is 14.9 Å². The Bertz CT molecular complexity index is 963. The number of thioether (sulfide) groups is 1. The van der Waals surface area contributed by atoms with Crippen LogP contribution in [0.3, 0.4) is 0 Å². The van der Waals surface area contributed by atoms with Crippen molar-refractivity contribution in [3.8, 4) is 23.5 Å². The SMILES string of the molecule is CCc1ccc(OCCCC#Cc2cc(CC3SC(=O)NC3=O)ccc2OC)nc1. The minimum absolute atomic E-state index is 0.243. The highest BCUT2D eigenvalue weighted by Gasteiger charge is 2.31. The normalized spacial score (nSPS) is 15.3. The maximum absolute atomic E-state index is 11.8. The molecule has 1 fully saturated rings. The van der Waals surface area contributed by atoms with Crippen molar-refractivity contribution in [2.45, 2.75) is 37.9 Å². The Labute approximate surface area is 180 Å². The van der Waals surface area contributed by atoms with Crippen LogP contribution in [0.5, 0.6) is 11.6 Å². The fourth-order valence-corrected chi connectivity index (χ4v) is 3.78. The first-order chi connectivity index (χ1) is 14.6.